The van der Waals surface area contributed by atoms with Gasteiger partial charge >= 0.3 is 0 Å². The first-order chi connectivity index (χ1) is 9.86. The number of H-pyrrole nitrogens is 1. The minimum Gasteiger partial charge on any atom is -0.496 e. The topological polar surface area (TPSA) is 55.2 Å². The van der Waals surface area contributed by atoms with Gasteiger partial charge in [0.15, 0.2) is 0 Å². The van der Waals surface area contributed by atoms with Crippen LogP contribution in [0.4, 0.5) is 0 Å². The van der Waals surface area contributed by atoms with Gasteiger partial charge in [0.05, 0.1) is 12.5 Å². The summed E-state index contributed by atoms with van der Waals surface area (Å²) in [4.78, 5) is 11.8. The van der Waals surface area contributed by atoms with Crippen LogP contribution < -0.4 is 4.74 Å². The minimum atomic E-state index is 0.817. The van der Waals surface area contributed by atoms with Gasteiger partial charge in [-0.25, -0.2) is 9.97 Å². The second kappa shape index (κ2) is 4.09. The van der Waals surface area contributed by atoms with E-state index in [2.05, 4.69) is 27.2 Å². The van der Waals surface area contributed by atoms with Gasteiger partial charge in [0.2, 0.25) is 0 Å². The molecule has 1 N–H and O–H groups in total. The van der Waals surface area contributed by atoms with Crippen molar-refractivity contribution in [2.24, 2.45) is 0 Å². The average Bonchev–Trinajstić information content (AvgIpc) is 3.12. The highest BCUT2D eigenvalue weighted by Gasteiger charge is 2.12. The number of hydrogen-bond donors (Lipinski definition) is 1. The Morgan fingerprint density at radius 1 is 1.15 bits per heavy atom. The van der Waals surface area contributed by atoms with Crippen LogP contribution in [0, 0.1) is 0 Å². The van der Waals surface area contributed by atoms with E-state index in [1.54, 1.807) is 19.5 Å². The van der Waals surface area contributed by atoms with Crippen molar-refractivity contribution in [1.29, 1.82) is 0 Å². The number of nitrogens with zero attached hydrogens (tertiary/aromatic N) is 3. The maximum atomic E-state index is 5.44. The van der Waals surface area contributed by atoms with Crippen molar-refractivity contribution in [3.05, 3.63) is 49.2 Å². The number of aromatic nitrogens is 4. The summed E-state index contributed by atoms with van der Waals surface area (Å²) in [5.41, 5.74) is 3.91. The summed E-state index contributed by atoms with van der Waals surface area (Å²) in [5.74, 6) is 0.817. The van der Waals surface area contributed by atoms with E-state index < -0.39 is 0 Å². The van der Waals surface area contributed by atoms with Gasteiger partial charge in [-0.15, -0.1) is 0 Å². The number of aromatic amines is 1. The predicted molar refractivity (Wildman–Crippen MR) is 76.8 cm³/mol. The molecule has 4 aromatic rings. The molecule has 0 bridgehead atoms. The number of fused-ring (bicyclic) bond motifs is 2. The van der Waals surface area contributed by atoms with E-state index in [1.165, 1.54) is 0 Å². The highest BCUT2D eigenvalue weighted by atomic mass is 16.5. The van der Waals surface area contributed by atoms with Crippen LogP contribution in [0.3, 0.4) is 0 Å². The highest BCUT2D eigenvalue weighted by molar-refractivity contribution is 5.98. The Morgan fingerprint density at radius 3 is 3.00 bits per heavy atom. The van der Waals surface area contributed by atoms with E-state index >= 15 is 0 Å². The molecule has 4 aromatic heterocycles. The van der Waals surface area contributed by atoms with Crippen LogP contribution in [0.15, 0.2) is 49.2 Å². The van der Waals surface area contributed by atoms with Crippen molar-refractivity contribution in [1.82, 2.24) is 19.4 Å². The van der Waals surface area contributed by atoms with Gasteiger partial charge in [-0.2, -0.15) is 0 Å². The van der Waals surface area contributed by atoms with Gasteiger partial charge < -0.3 is 14.1 Å². The van der Waals surface area contributed by atoms with Crippen LogP contribution in [-0.4, -0.2) is 26.5 Å². The summed E-state index contributed by atoms with van der Waals surface area (Å²) in [6.07, 6.45) is 9.47. The van der Waals surface area contributed by atoms with Crippen LogP contribution in [0.25, 0.3) is 27.8 Å². The molecule has 98 valence electrons. The smallest absolute Gasteiger partial charge is 0.141 e. The van der Waals surface area contributed by atoms with E-state index in [9.17, 15) is 0 Å². The van der Waals surface area contributed by atoms with E-state index in [4.69, 9.17) is 4.74 Å². The molecular weight excluding hydrogens is 252 g/mol. The van der Waals surface area contributed by atoms with Crippen LogP contribution in [0.5, 0.6) is 5.75 Å². The highest BCUT2D eigenvalue weighted by Crippen LogP contribution is 2.34. The maximum absolute atomic E-state index is 5.44. The van der Waals surface area contributed by atoms with Crippen molar-refractivity contribution < 1.29 is 4.74 Å². The van der Waals surface area contributed by atoms with E-state index in [1.807, 2.05) is 28.9 Å². The number of hydrogen-bond acceptors (Lipinski definition) is 3. The van der Waals surface area contributed by atoms with Crippen molar-refractivity contribution in [2.45, 2.75) is 0 Å². The molecule has 0 aliphatic heterocycles. The predicted octanol–water partition coefficient (Wildman–Crippen LogP) is 2.89. The molecule has 0 aliphatic carbocycles. The number of nitrogens with one attached hydrogen (secondary N) is 1. The standard InChI is InChI=1S/C15H12N4O/c1-20-12-4-5-17-15-14(12)11(8-18-15)10-2-3-13-16-6-7-19(13)9-10/h2-9H,1H3,(H,17,18). The molecular formula is C15H12N4O. The van der Waals surface area contributed by atoms with Crippen LogP contribution in [-0.2, 0) is 0 Å². The van der Waals surface area contributed by atoms with E-state index in [-0.39, 0.29) is 0 Å². The fourth-order valence-corrected chi connectivity index (χ4v) is 2.50. The lowest BCUT2D eigenvalue weighted by Gasteiger charge is -2.05. The third-order valence-electron chi connectivity index (χ3n) is 3.45. The van der Waals surface area contributed by atoms with Gasteiger partial charge in [0, 0.05) is 42.1 Å². The molecule has 4 heterocycles. The summed E-state index contributed by atoms with van der Waals surface area (Å²) in [7, 11) is 1.67. The molecule has 0 unspecified atom stereocenters. The summed E-state index contributed by atoms with van der Waals surface area (Å²) in [6, 6.07) is 5.92. The van der Waals surface area contributed by atoms with Crippen LogP contribution in [0.1, 0.15) is 0 Å². The third-order valence-corrected chi connectivity index (χ3v) is 3.45. The number of methoxy groups -OCH3 is 1. The molecule has 0 saturated heterocycles. The second-order valence-electron chi connectivity index (χ2n) is 4.55. The summed E-state index contributed by atoms with van der Waals surface area (Å²) < 4.78 is 7.44. The van der Waals surface area contributed by atoms with Crippen molar-refractivity contribution in [3.63, 3.8) is 0 Å². The lowest BCUT2D eigenvalue weighted by molar-refractivity contribution is 0.419. The van der Waals surface area contributed by atoms with Gasteiger partial charge in [-0.1, -0.05) is 0 Å². The first-order valence-electron chi connectivity index (χ1n) is 6.30. The van der Waals surface area contributed by atoms with Gasteiger partial charge in [0.1, 0.15) is 17.0 Å². The SMILES string of the molecule is COc1ccnc2[nH]cc(-c3ccc4nccn4c3)c12. The Hall–Kier alpha value is -2.82. The van der Waals surface area contributed by atoms with Crippen LogP contribution >= 0.6 is 0 Å². The Morgan fingerprint density at radius 2 is 2.10 bits per heavy atom. The number of pyridine rings is 2. The Bertz CT molecular complexity index is 906. The molecule has 0 fully saturated rings. The zero-order chi connectivity index (χ0) is 13.5. The van der Waals surface area contributed by atoms with Crippen molar-refractivity contribution >= 4 is 16.7 Å². The van der Waals surface area contributed by atoms with E-state index in [0.29, 0.717) is 0 Å². The molecule has 0 aliphatic rings. The molecule has 0 atom stereocenters. The normalized spacial score (nSPS) is 11.2. The molecule has 5 heteroatoms. The molecule has 0 saturated carbocycles. The Kier molecular flexibility index (Phi) is 2.26. The molecule has 0 spiro atoms. The summed E-state index contributed by atoms with van der Waals surface area (Å²) in [5, 5.41) is 0.995. The molecule has 0 radical (unpaired) electrons. The van der Waals surface area contributed by atoms with Crippen molar-refractivity contribution in [2.75, 3.05) is 7.11 Å². The van der Waals surface area contributed by atoms with Crippen LogP contribution in [0.2, 0.25) is 0 Å². The Balaban J connectivity index is 2.01. The maximum Gasteiger partial charge on any atom is 0.141 e. The number of ether oxygens (including phenoxy) is 1. The van der Waals surface area contributed by atoms with Gasteiger partial charge in [0.25, 0.3) is 0 Å². The summed E-state index contributed by atoms with van der Waals surface area (Å²) >= 11 is 0. The fraction of sp³-hybridized carbons (Fsp3) is 0.0667. The monoisotopic (exact) mass is 264 g/mol. The van der Waals surface area contributed by atoms with Crippen molar-refractivity contribution in [3.8, 4) is 16.9 Å². The fourth-order valence-electron chi connectivity index (χ4n) is 2.50. The van der Waals surface area contributed by atoms with Gasteiger partial charge in [-0.3, -0.25) is 0 Å². The first-order valence-corrected chi connectivity index (χ1v) is 6.30. The minimum absolute atomic E-state index is 0.817. The van der Waals surface area contributed by atoms with E-state index in [0.717, 1.165) is 33.6 Å². The third kappa shape index (κ3) is 1.50. The number of imidazole rings is 1. The molecule has 0 aromatic carbocycles. The second-order valence-corrected chi connectivity index (χ2v) is 4.55. The lowest BCUT2D eigenvalue weighted by Crippen LogP contribution is -1.88. The molecule has 5 nitrogen and oxygen atoms in total. The first kappa shape index (κ1) is 11.0. The Labute approximate surface area is 114 Å². The molecule has 4 rings (SSSR count). The largest absolute Gasteiger partial charge is 0.496 e. The molecule has 0 amide bonds. The lowest BCUT2D eigenvalue weighted by atomic mass is 10.1. The zero-order valence-corrected chi connectivity index (χ0v) is 10.9. The average molecular weight is 264 g/mol. The molecule has 20 heavy (non-hydrogen) atoms. The zero-order valence-electron chi connectivity index (χ0n) is 10.9. The quantitative estimate of drug-likeness (QED) is 0.605. The summed E-state index contributed by atoms with van der Waals surface area (Å²) in [6.45, 7) is 0. The van der Waals surface area contributed by atoms with Gasteiger partial charge in [-0.05, 0) is 18.2 Å². The number of rotatable bonds is 2.